The molecule has 122 valence electrons. The Morgan fingerprint density at radius 2 is 1.91 bits per heavy atom. The molecule has 4 nitrogen and oxygen atoms in total. The van der Waals surface area contributed by atoms with Crippen LogP contribution >= 0.6 is 24.0 Å². The number of anilines is 1. The summed E-state index contributed by atoms with van der Waals surface area (Å²) in [4.78, 5) is 4.40. The van der Waals surface area contributed by atoms with Crippen molar-refractivity contribution in [3.8, 4) is 5.75 Å². The second-order valence-electron chi connectivity index (χ2n) is 5.78. The van der Waals surface area contributed by atoms with Gasteiger partial charge in [0.05, 0.1) is 6.54 Å². The molecule has 0 radical (unpaired) electrons. The average Bonchev–Trinajstić information content (AvgIpc) is 2.87. The molecule has 0 spiro atoms. The average molecular weight is 423 g/mol. The minimum atomic E-state index is 0. The number of ether oxygens (including phenoxy) is 1. The lowest BCUT2D eigenvalue weighted by molar-refractivity contribution is 0.242. The summed E-state index contributed by atoms with van der Waals surface area (Å²) in [5.41, 5.74) is 10.6. The Hall–Kier alpha value is -1.76. The number of guanidine groups is 1. The van der Waals surface area contributed by atoms with Crippen LogP contribution in [-0.2, 0) is 6.42 Å². The normalized spacial score (nSPS) is 16.3. The molecule has 2 aromatic carbocycles. The number of nitrogens with one attached hydrogen (secondary N) is 1. The summed E-state index contributed by atoms with van der Waals surface area (Å²) in [6, 6.07) is 14.3. The minimum Gasteiger partial charge on any atom is -0.488 e. The fraction of sp³-hybridized carbons (Fsp3) is 0.278. The van der Waals surface area contributed by atoms with Crippen LogP contribution in [0.2, 0.25) is 0 Å². The van der Waals surface area contributed by atoms with Crippen molar-refractivity contribution in [2.24, 2.45) is 10.7 Å². The second-order valence-corrected chi connectivity index (χ2v) is 5.78. The molecule has 1 heterocycles. The van der Waals surface area contributed by atoms with Crippen LogP contribution in [0.5, 0.6) is 5.75 Å². The molecule has 23 heavy (non-hydrogen) atoms. The van der Waals surface area contributed by atoms with Gasteiger partial charge in [0.25, 0.3) is 0 Å². The first-order valence-electron chi connectivity index (χ1n) is 7.50. The molecule has 0 fully saturated rings. The van der Waals surface area contributed by atoms with Crippen molar-refractivity contribution in [1.29, 1.82) is 0 Å². The number of rotatable bonds is 3. The van der Waals surface area contributed by atoms with Crippen LogP contribution in [0.3, 0.4) is 0 Å². The van der Waals surface area contributed by atoms with Gasteiger partial charge in [-0.15, -0.1) is 24.0 Å². The summed E-state index contributed by atoms with van der Waals surface area (Å²) >= 11 is 0. The zero-order valence-corrected chi connectivity index (χ0v) is 15.7. The molecule has 0 amide bonds. The molecule has 1 atom stereocenters. The van der Waals surface area contributed by atoms with Crippen molar-refractivity contribution in [2.45, 2.75) is 26.4 Å². The largest absolute Gasteiger partial charge is 0.488 e. The highest BCUT2D eigenvalue weighted by atomic mass is 127. The quantitative estimate of drug-likeness (QED) is 0.450. The van der Waals surface area contributed by atoms with E-state index in [0.717, 1.165) is 17.9 Å². The molecule has 2 aromatic rings. The molecular weight excluding hydrogens is 401 g/mol. The molecule has 0 aliphatic carbocycles. The van der Waals surface area contributed by atoms with Gasteiger partial charge in [-0.25, -0.2) is 4.99 Å². The van der Waals surface area contributed by atoms with E-state index >= 15 is 0 Å². The standard InChI is InChI=1S/C18H21N3O.HI/c1-12-7-13(2)9-15(8-12)21-18(19)20-11-16-10-14-5-3-4-6-17(14)22-16;/h3-9,16H,10-11H2,1-2H3,(H3,19,20,21);1H. The zero-order valence-electron chi connectivity index (χ0n) is 13.4. The Labute approximate surface area is 154 Å². The number of hydrogen-bond donors (Lipinski definition) is 2. The van der Waals surface area contributed by atoms with Crippen molar-refractivity contribution >= 4 is 35.6 Å². The van der Waals surface area contributed by atoms with Crippen molar-refractivity contribution in [3.05, 3.63) is 59.2 Å². The molecule has 0 saturated carbocycles. The van der Waals surface area contributed by atoms with Crippen LogP contribution in [0.25, 0.3) is 0 Å². The maximum Gasteiger partial charge on any atom is 0.193 e. The monoisotopic (exact) mass is 423 g/mol. The molecule has 1 unspecified atom stereocenters. The van der Waals surface area contributed by atoms with E-state index in [1.165, 1.54) is 16.7 Å². The van der Waals surface area contributed by atoms with Crippen molar-refractivity contribution < 1.29 is 4.74 Å². The summed E-state index contributed by atoms with van der Waals surface area (Å²) in [6.45, 7) is 4.68. The number of aliphatic imine (C=N–C) groups is 1. The Balaban J connectivity index is 0.00000192. The van der Waals surface area contributed by atoms with E-state index < -0.39 is 0 Å². The molecular formula is C18H22IN3O. The first kappa shape index (κ1) is 17.6. The number of fused-ring (bicyclic) bond motifs is 1. The third-order valence-corrected chi connectivity index (χ3v) is 3.67. The number of halogens is 1. The van der Waals surface area contributed by atoms with E-state index in [0.29, 0.717) is 12.5 Å². The van der Waals surface area contributed by atoms with Crippen LogP contribution in [-0.4, -0.2) is 18.6 Å². The Kier molecular flexibility index (Phi) is 5.87. The van der Waals surface area contributed by atoms with Crippen molar-refractivity contribution in [1.82, 2.24) is 0 Å². The SMILES string of the molecule is Cc1cc(C)cc(NC(N)=NCC2Cc3ccccc3O2)c1.I. The van der Waals surface area contributed by atoms with Gasteiger partial charge in [-0.2, -0.15) is 0 Å². The molecule has 0 aromatic heterocycles. The lowest BCUT2D eigenvalue weighted by atomic mass is 10.1. The van der Waals surface area contributed by atoms with Gasteiger partial charge in [0.1, 0.15) is 11.9 Å². The topological polar surface area (TPSA) is 59.6 Å². The lowest BCUT2D eigenvalue weighted by Gasteiger charge is -2.10. The third-order valence-electron chi connectivity index (χ3n) is 3.67. The fourth-order valence-electron chi connectivity index (χ4n) is 2.79. The van der Waals surface area contributed by atoms with Gasteiger partial charge in [0.15, 0.2) is 5.96 Å². The third kappa shape index (κ3) is 4.60. The fourth-order valence-corrected chi connectivity index (χ4v) is 2.79. The van der Waals surface area contributed by atoms with Crippen molar-refractivity contribution in [3.63, 3.8) is 0 Å². The van der Waals surface area contributed by atoms with Crippen LogP contribution in [0.1, 0.15) is 16.7 Å². The summed E-state index contributed by atoms with van der Waals surface area (Å²) < 4.78 is 5.86. The van der Waals surface area contributed by atoms with E-state index in [4.69, 9.17) is 10.5 Å². The number of benzene rings is 2. The Morgan fingerprint density at radius 1 is 1.22 bits per heavy atom. The molecule has 3 N–H and O–H groups in total. The van der Waals surface area contributed by atoms with Crippen LogP contribution in [0.15, 0.2) is 47.5 Å². The number of nitrogens with zero attached hydrogens (tertiary/aromatic N) is 1. The van der Waals surface area contributed by atoms with E-state index in [-0.39, 0.29) is 30.1 Å². The number of aryl methyl sites for hydroxylation is 2. The predicted octanol–water partition coefficient (Wildman–Crippen LogP) is 3.65. The van der Waals surface area contributed by atoms with Gasteiger partial charge in [-0.05, 0) is 48.7 Å². The van der Waals surface area contributed by atoms with Crippen LogP contribution < -0.4 is 15.8 Å². The summed E-state index contributed by atoms with van der Waals surface area (Å²) in [6.07, 6.45) is 0.952. The van der Waals surface area contributed by atoms with Gasteiger partial charge in [-0.3, -0.25) is 0 Å². The number of para-hydroxylation sites is 1. The highest BCUT2D eigenvalue weighted by Gasteiger charge is 2.21. The first-order valence-corrected chi connectivity index (χ1v) is 7.50. The van der Waals surface area contributed by atoms with Gasteiger partial charge >= 0.3 is 0 Å². The van der Waals surface area contributed by atoms with E-state index in [1.54, 1.807) is 0 Å². The van der Waals surface area contributed by atoms with E-state index in [2.05, 4.69) is 48.4 Å². The molecule has 0 bridgehead atoms. The van der Waals surface area contributed by atoms with Gasteiger partial charge in [0.2, 0.25) is 0 Å². The predicted molar refractivity (Wildman–Crippen MR) is 106 cm³/mol. The second kappa shape index (κ2) is 7.68. The summed E-state index contributed by atoms with van der Waals surface area (Å²) in [7, 11) is 0. The molecule has 5 heteroatoms. The lowest BCUT2D eigenvalue weighted by Crippen LogP contribution is -2.26. The highest BCUT2D eigenvalue weighted by Crippen LogP contribution is 2.28. The Bertz CT molecular complexity index is 670. The van der Waals surface area contributed by atoms with E-state index in [1.807, 2.05) is 18.2 Å². The molecule has 1 aliphatic heterocycles. The summed E-state index contributed by atoms with van der Waals surface area (Å²) in [5.74, 6) is 1.38. The first-order chi connectivity index (χ1) is 10.6. The molecule has 0 saturated heterocycles. The maximum atomic E-state index is 5.97. The smallest absolute Gasteiger partial charge is 0.193 e. The minimum absolute atomic E-state index is 0. The van der Waals surface area contributed by atoms with Gasteiger partial charge in [0, 0.05) is 12.1 Å². The molecule has 1 aliphatic rings. The van der Waals surface area contributed by atoms with E-state index in [9.17, 15) is 0 Å². The Morgan fingerprint density at radius 3 is 2.61 bits per heavy atom. The van der Waals surface area contributed by atoms with Crippen LogP contribution in [0.4, 0.5) is 5.69 Å². The maximum absolute atomic E-state index is 5.97. The summed E-state index contributed by atoms with van der Waals surface area (Å²) in [5, 5.41) is 3.14. The highest BCUT2D eigenvalue weighted by molar-refractivity contribution is 14.0. The van der Waals surface area contributed by atoms with Crippen LogP contribution in [0, 0.1) is 13.8 Å². The van der Waals surface area contributed by atoms with Gasteiger partial charge < -0.3 is 15.8 Å². The zero-order chi connectivity index (χ0) is 15.5. The van der Waals surface area contributed by atoms with Gasteiger partial charge in [-0.1, -0.05) is 24.3 Å². The number of hydrogen-bond acceptors (Lipinski definition) is 2. The van der Waals surface area contributed by atoms with Crippen molar-refractivity contribution in [2.75, 3.05) is 11.9 Å². The molecule has 3 rings (SSSR count). The number of nitrogens with two attached hydrogens (primary N) is 1.